The summed E-state index contributed by atoms with van der Waals surface area (Å²) < 4.78 is 5.08. The van der Waals surface area contributed by atoms with Gasteiger partial charge in [0.1, 0.15) is 6.04 Å². The zero-order valence-corrected chi connectivity index (χ0v) is 13.6. The van der Waals surface area contributed by atoms with E-state index >= 15 is 0 Å². The van der Waals surface area contributed by atoms with E-state index < -0.39 is 23.2 Å². The molecule has 1 rings (SSSR count). The van der Waals surface area contributed by atoms with E-state index in [0.29, 0.717) is 17.1 Å². The largest absolute Gasteiger partial charge is 0.457 e. The molecule has 0 bridgehead atoms. The first-order valence-corrected chi connectivity index (χ1v) is 7.66. The third-order valence-corrected chi connectivity index (χ3v) is 3.49. The van der Waals surface area contributed by atoms with Crippen LogP contribution in [0.1, 0.15) is 31.1 Å². The van der Waals surface area contributed by atoms with Crippen LogP contribution in [0.4, 0.5) is 4.79 Å². The summed E-state index contributed by atoms with van der Waals surface area (Å²) in [6, 6.07) is 5.81. The molecule has 22 heavy (non-hydrogen) atoms. The first-order chi connectivity index (χ1) is 10.3. The van der Waals surface area contributed by atoms with Crippen molar-refractivity contribution in [1.82, 2.24) is 5.32 Å². The summed E-state index contributed by atoms with van der Waals surface area (Å²) in [5.74, 6) is -0.861. The van der Waals surface area contributed by atoms with E-state index in [1.807, 2.05) is 13.8 Å². The number of primary amides is 1. The Morgan fingerprint density at radius 2 is 1.86 bits per heavy atom. The van der Waals surface area contributed by atoms with Crippen LogP contribution in [0, 0.1) is 5.92 Å². The van der Waals surface area contributed by atoms with Crippen molar-refractivity contribution in [2.45, 2.75) is 31.7 Å². The van der Waals surface area contributed by atoms with Crippen LogP contribution in [-0.2, 0) is 9.53 Å². The fraction of sp³-hybridized carbons (Fsp3) is 0.400. The van der Waals surface area contributed by atoms with Crippen LogP contribution in [0.5, 0.6) is 0 Å². The second-order valence-corrected chi connectivity index (χ2v) is 6.13. The Bertz CT molecular complexity index is 560. The van der Waals surface area contributed by atoms with Crippen molar-refractivity contribution < 1.29 is 19.1 Å². The number of carbonyl (C=O) groups excluding carboxylic acids is 3. The standard InChI is InChI=1S/C15H20N2O4S/c1-9(2)8-21-15(20)22-12-7-5-4-6-11(12)14(19)17-10(3)13(16)18/h4-7,9-10H,8H2,1-3H3,(H2,16,18)(H,17,19). The number of thioether (sulfide) groups is 1. The third kappa shape index (κ3) is 5.77. The smallest absolute Gasteiger partial charge is 0.372 e. The SMILES string of the molecule is CC(C)COC(=O)Sc1ccccc1C(=O)NC(C)C(N)=O. The maximum atomic E-state index is 12.1. The van der Waals surface area contributed by atoms with Gasteiger partial charge in [0.05, 0.1) is 12.2 Å². The summed E-state index contributed by atoms with van der Waals surface area (Å²) in [6.45, 7) is 5.68. The quantitative estimate of drug-likeness (QED) is 0.617. The van der Waals surface area contributed by atoms with Crippen LogP contribution in [0.25, 0.3) is 0 Å². The van der Waals surface area contributed by atoms with Gasteiger partial charge in [0.2, 0.25) is 5.91 Å². The van der Waals surface area contributed by atoms with Gasteiger partial charge in [-0.1, -0.05) is 26.0 Å². The van der Waals surface area contributed by atoms with Gasteiger partial charge in [-0.2, -0.15) is 0 Å². The second-order valence-electron chi connectivity index (χ2n) is 5.15. The molecule has 0 radical (unpaired) electrons. The van der Waals surface area contributed by atoms with Gasteiger partial charge in [-0.3, -0.25) is 9.59 Å². The fourth-order valence-electron chi connectivity index (χ4n) is 1.44. The van der Waals surface area contributed by atoms with E-state index in [-0.39, 0.29) is 5.92 Å². The van der Waals surface area contributed by atoms with E-state index in [4.69, 9.17) is 10.5 Å². The summed E-state index contributed by atoms with van der Waals surface area (Å²) in [5.41, 5.74) is 5.41. The van der Waals surface area contributed by atoms with E-state index in [1.54, 1.807) is 24.3 Å². The molecule has 0 aromatic heterocycles. The Labute approximate surface area is 133 Å². The molecule has 1 atom stereocenters. The van der Waals surface area contributed by atoms with E-state index in [0.717, 1.165) is 11.8 Å². The minimum absolute atomic E-state index is 0.236. The molecule has 120 valence electrons. The maximum Gasteiger partial charge on any atom is 0.372 e. The summed E-state index contributed by atoms with van der Waals surface area (Å²) in [5, 5.41) is 2.01. The molecule has 0 heterocycles. The first kappa shape index (κ1) is 18.0. The van der Waals surface area contributed by atoms with Crippen molar-refractivity contribution in [2.75, 3.05) is 6.61 Å². The normalized spacial score (nSPS) is 11.8. The van der Waals surface area contributed by atoms with E-state index in [1.165, 1.54) is 6.92 Å². The van der Waals surface area contributed by atoms with Crippen molar-refractivity contribution in [1.29, 1.82) is 0 Å². The summed E-state index contributed by atoms with van der Waals surface area (Å²) in [4.78, 5) is 35.4. The molecule has 1 aromatic rings. The number of hydrogen-bond donors (Lipinski definition) is 2. The van der Waals surface area contributed by atoms with Gasteiger partial charge in [-0.15, -0.1) is 0 Å². The van der Waals surface area contributed by atoms with Crippen LogP contribution in [0.15, 0.2) is 29.2 Å². The van der Waals surface area contributed by atoms with Crippen LogP contribution >= 0.6 is 11.8 Å². The van der Waals surface area contributed by atoms with Crippen molar-refractivity contribution >= 4 is 28.9 Å². The fourth-order valence-corrected chi connectivity index (χ4v) is 2.17. The molecule has 0 fully saturated rings. The highest BCUT2D eigenvalue weighted by Gasteiger charge is 2.18. The zero-order chi connectivity index (χ0) is 16.7. The second kappa shape index (κ2) is 8.43. The Morgan fingerprint density at radius 3 is 2.45 bits per heavy atom. The van der Waals surface area contributed by atoms with E-state index in [9.17, 15) is 14.4 Å². The van der Waals surface area contributed by atoms with Crippen LogP contribution < -0.4 is 11.1 Å². The lowest BCUT2D eigenvalue weighted by Gasteiger charge is -2.13. The number of rotatable bonds is 6. The highest BCUT2D eigenvalue weighted by atomic mass is 32.2. The molecule has 0 spiro atoms. The predicted molar refractivity (Wildman–Crippen MR) is 84.6 cm³/mol. The molecule has 1 aromatic carbocycles. The van der Waals surface area contributed by atoms with Gasteiger partial charge in [-0.25, -0.2) is 4.79 Å². The number of benzene rings is 1. The minimum Gasteiger partial charge on any atom is -0.457 e. The van der Waals surface area contributed by atoms with Crippen molar-refractivity contribution in [3.05, 3.63) is 29.8 Å². The van der Waals surface area contributed by atoms with E-state index in [2.05, 4.69) is 5.32 Å². The number of hydrogen-bond acceptors (Lipinski definition) is 5. The molecule has 2 amide bonds. The molecule has 0 saturated carbocycles. The lowest BCUT2D eigenvalue weighted by Crippen LogP contribution is -2.42. The van der Waals surface area contributed by atoms with Gasteiger partial charge in [0.25, 0.3) is 5.91 Å². The summed E-state index contributed by atoms with van der Waals surface area (Å²) in [6.07, 6.45) is 0. The Kier molecular flexibility index (Phi) is 6.91. The topological polar surface area (TPSA) is 98.5 Å². The van der Waals surface area contributed by atoms with Crippen molar-refractivity contribution in [3.63, 3.8) is 0 Å². The number of nitrogens with one attached hydrogen (secondary N) is 1. The molecule has 7 heteroatoms. The average molecular weight is 324 g/mol. The molecule has 6 nitrogen and oxygen atoms in total. The van der Waals surface area contributed by atoms with Gasteiger partial charge >= 0.3 is 5.30 Å². The number of nitrogens with two attached hydrogens (primary N) is 1. The molecule has 0 aliphatic rings. The molecule has 0 saturated heterocycles. The van der Waals surface area contributed by atoms with Crippen molar-refractivity contribution in [2.24, 2.45) is 11.7 Å². The zero-order valence-electron chi connectivity index (χ0n) is 12.8. The average Bonchev–Trinajstić information content (AvgIpc) is 2.45. The van der Waals surface area contributed by atoms with Crippen LogP contribution in [0.2, 0.25) is 0 Å². The third-order valence-electron chi connectivity index (χ3n) is 2.63. The Hall–Kier alpha value is -2.02. The monoisotopic (exact) mass is 324 g/mol. The highest BCUT2D eigenvalue weighted by Crippen LogP contribution is 2.24. The minimum atomic E-state index is -0.793. The summed E-state index contributed by atoms with van der Waals surface area (Å²) in [7, 11) is 0. The lowest BCUT2D eigenvalue weighted by atomic mass is 10.2. The van der Waals surface area contributed by atoms with Crippen LogP contribution in [-0.4, -0.2) is 29.8 Å². The molecule has 0 aliphatic heterocycles. The summed E-state index contributed by atoms with van der Waals surface area (Å²) >= 11 is 0.838. The van der Waals surface area contributed by atoms with Crippen molar-refractivity contribution in [3.8, 4) is 0 Å². The first-order valence-electron chi connectivity index (χ1n) is 6.85. The predicted octanol–water partition coefficient (Wildman–Crippen LogP) is 2.17. The molecule has 1 unspecified atom stereocenters. The lowest BCUT2D eigenvalue weighted by molar-refractivity contribution is -0.119. The maximum absolute atomic E-state index is 12.1. The number of ether oxygens (including phenoxy) is 1. The van der Waals surface area contributed by atoms with Crippen LogP contribution in [0.3, 0.4) is 0 Å². The molecule has 0 aliphatic carbocycles. The van der Waals surface area contributed by atoms with Gasteiger partial charge < -0.3 is 15.8 Å². The molecular weight excluding hydrogens is 304 g/mol. The Morgan fingerprint density at radius 1 is 1.23 bits per heavy atom. The molecule has 3 N–H and O–H groups in total. The Balaban J connectivity index is 2.79. The van der Waals surface area contributed by atoms with Gasteiger partial charge in [0.15, 0.2) is 0 Å². The number of amides is 2. The van der Waals surface area contributed by atoms with Gasteiger partial charge in [0, 0.05) is 4.90 Å². The highest BCUT2D eigenvalue weighted by molar-refractivity contribution is 8.13. The molecular formula is C15H20N2O4S. The number of carbonyl (C=O) groups is 3. The van der Waals surface area contributed by atoms with Gasteiger partial charge in [-0.05, 0) is 36.7 Å².